The number of methoxy groups -OCH3 is 2. The van der Waals surface area contributed by atoms with Crippen molar-refractivity contribution in [2.75, 3.05) is 14.2 Å². The maximum Gasteiger partial charge on any atom is 0.363 e. The average Bonchev–Trinajstić information content (AvgIpc) is 3.48. The molecule has 0 radical (unpaired) electrons. The number of hydrogen-bond acceptors (Lipinski definition) is 6. The second kappa shape index (κ2) is 9.07. The largest absolute Gasteiger partial charge is 0.493 e. The minimum Gasteiger partial charge on any atom is -0.493 e. The summed E-state index contributed by atoms with van der Waals surface area (Å²) in [5, 5.41) is 4.80. The zero-order valence-corrected chi connectivity index (χ0v) is 18.6. The Kier molecular flexibility index (Phi) is 5.66. The molecule has 5 rings (SSSR count). The Morgan fingerprint density at radius 1 is 0.853 bits per heavy atom. The lowest BCUT2D eigenvalue weighted by atomic mass is 10.1. The lowest BCUT2D eigenvalue weighted by Gasteiger charge is -2.09. The zero-order valence-electron chi connectivity index (χ0n) is 18.6. The molecule has 0 saturated heterocycles. The summed E-state index contributed by atoms with van der Waals surface area (Å²) in [5.41, 5.74) is 4.00. The number of aromatic nitrogens is 2. The normalized spacial score (nSPS) is 14.1. The second-order valence-electron chi connectivity index (χ2n) is 7.49. The molecule has 0 N–H and O–H groups in total. The molecule has 168 valence electrons. The van der Waals surface area contributed by atoms with E-state index in [0.717, 1.165) is 16.8 Å². The third kappa shape index (κ3) is 4.06. The molecule has 7 nitrogen and oxygen atoms in total. The molecule has 0 saturated carbocycles. The van der Waals surface area contributed by atoms with Crippen molar-refractivity contribution in [2.24, 2.45) is 4.99 Å². The maximum absolute atomic E-state index is 12.6. The fourth-order valence-corrected chi connectivity index (χ4v) is 3.67. The summed E-state index contributed by atoms with van der Waals surface area (Å²) in [7, 11) is 3.17. The number of esters is 1. The highest BCUT2D eigenvalue weighted by Crippen LogP contribution is 2.34. The molecule has 3 aromatic carbocycles. The molecule has 34 heavy (non-hydrogen) atoms. The van der Waals surface area contributed by atoms with Crippen molar-refractivity contribution in [1.82, 2.24) is 9.78 Å². The van der Waals surface area contributed by atoms with Gasteiger partial charge in [-0.05, 0) is 48.5 Å². The molecule has 2 heterocycles. The van der Waals surface area contributed by atoms with E-state index in [1.54, 1.807) is 25.0 Å². The van der Waals surface area contributed by atoms with Crippen LogP contribution in [0.4, 0.5) is 0 Å². The first-order valence-corrected chi connectivity index (χ1v) is 10.6. The molecule has 0 bridgehead atoms. The number of carbonyl (C=O) groups is 1. The van der Waals surface area contributed by atoms with Crippen molar-refractivity contribution in [1.29, 1.82) is 0 Å². The van der Waals surface area contributed by atoms with E-state index in [9.17, 15) is 4.79 Å². The van der Waals surface area contributed by atoms with E-state index in [1.807, 2.05) is 85.1 Å². The minimum absolute atomic E-state index is 0.202. The zero-order chi connectivity index (χ0) is 23.5. The van der Waals surface area contributed by atoms with Crippen LogP contribution in [0.15, 0.2) is 95.7 Å². The molecule has 1 aliphatic rings. The first-order valence-electron chi connectivity index (χ1n) is 10.6. The Bertz CT molecular complexity index is 1410. The fraction of sp³-hybridized carbons (Fsp3) is 0.0741. The summed E-state index contributed by atoms with van der Waals surface area (Å²) in [4.78, 5) is 17.0. The van der Waals surface area contributed by atoms with Crippen molar-refractivity contribution in [3.8, 4) is 28.4 Å². The molecule has 0 unspecified atom stereocenters. The molecule has 0 aliphatic carbocycles. The van der Waals surface area contributed by atoms with Gasteiger partial charge in [0.05, 0.1) is 19.9 Å². The molecular weight excluding hydrogens is 430 g/mol. The number of benzene rings is 3. The van der Waals surface area contributed by atoms with E-state index in [4.69, 9.17) is 19.3 Å². The highest BCUT2D eigenvalue weighted by atomic mass is 16.6. The third-order valence-corrected chi connectivity index (χ3v) is 5.35. The van der Waals surface area contributed by atoms with Crippen LogP contribution in [0, 0.1) is 0 Å². The summed E-state index contributed by atoms with van der Waals surface area (Å²) in [6.45, 7) is 0. The van der Waals surface area contributed by atoms with Crippen LogP contribution in [0.5, 0.6) is 11.5 Å². The number of cyclic esters (lactones) is 1. The number of carbonyl (C=O) groups excluding carboxylic acids is 1. The molecular formula is C27H21N3O4. The van der Waals surface area contributed by atoms with E-state index < -0.39 is 5.97 Å². The Balaban J connectivity index is 1.62. The van der Waals surface area contributed by atoms with Gasteiger partial charge in [0, 0.05) is 22.9 Å². The maximum atomic E-state index is 12.6. The molecule has 0 atom stereocenters. The van der Waals surface area contributed by atoms with Gasteiger partial charge in [0.25, 0.3) is 0 Å². The SMILES string of the molecule is COc1ccc(-c2nn(-c3ccccc3)cc2C=C2N=C(c3ccccc3)OC2=O)cc1OC. The van der Waals surface area contributed by atoms with E-state index in [-0.39, 0.29) is 11.6 Å². The molecule has 0 spiro atoms. The number of hydrogen-bond donors (Lipinski definition) is 0. The molecule has 4 aromatic rings. The van der Waals surface area contributed by atoms with Crippen LogP contribution in [-0.4, -0.2) is 35.9 Å². The van der Waals surface area contributed by atoms with E-state index >= 15 is 0 Å². The van der Waals surface area contributed by atoms with Crippen LogP contribution >= 0.6 is 0 Å². The van der Waals surface area contributed by atoms with Gasteiger partial charge < -0.3 is 14.2 Å². The first kappa shape index (κ1) is 21.2. The van der Waals surface area contributed by atoms with E-state index in [0.29, 0.717) is 22.8 Å². The first-order chi connectivity index (χ1) is 16.7. The van der Waals surface area contributed by atoms with E-state index in [2.05, 4.69) is 4.99 Å². The summed E-state index contributed by atoms with van der Waals surface area (Å²) < 4.78 is 18.0. The van der Waals surface area contributed by atoms with Gasteiger partial charge in [0.1, 0.15) is 5.69 Å². The van der Waals surface area contributed by atoms with Crippen molar-refractivity contribution in [2.45, 2.75) is 0 Å². The highest BCUT2D eigenvalue weighted by molar-refractivity contribution is 6.13. The van der Waals surface area contributed by atoms with Gasteiger partial charge in [0.15, 0.2) is 17.2 Å². The molecule has 7 heteroatoms. The van der Waals surface area contributed by atoms with Gasteiger partial charge in [-0.25, -0.2) is 14.5 Å². The van der Waals surface area contributed by atoms with Crippen molar-refractivity contribution in [3.63, 3.8) is 0 Å². The van der Waals surface area contributed by atoms with Gasteiger partial charge >= 0.3 is 5.97 Å². The van der Waals surface area contributed by atoms with Crippen molar-refractivity contribution in [3.05, 3.63) is 102 Å². The fourth-order valence-electron chi connectivity index (χ4n) is 3.67. The van der Waals surface area contributed by atoms with Crippen LogP contribution in [0.3, 0.4) is 0 Å². The highest BCUT2D eigenvalue weighted by Gasteiger charge is 2.25. The van der Waals surface area contributed by atoms with Gasteiger partial charge in [-0.1, -0.05) is 36.4 Å². The van der Waals surface area contributed by atoms with E-state index in [1.165, 1.54) is 0 Å². The van der Waals surface area contributed by atoms with Gasteiger partial charge in [-0.3, -0.25) is 0 Å². The summed E-state index contributed by atoms with van der Waals surface area (Å²) >= 11 is 0. The van der Waals surface area contributed by atoms with Crippen LogP contribution in [0.25, 0.3) is 23.0 Å². The monoisotopic (exact) mass is 451 g/mol. The number of nitrogens with zero attached hydrogens (tertiary/aromatic N) is 3. The van der Waals surface area contributed by atoms with Crippen LogP contribution in [0.1, 0.15) is 11.1 Å². The Morgan fingerprint density at radius 2 is 1.56 bits per heavy atom. The quantitative estimate of drug-likeness (QED) is 0.308. The van der Waals surface area contributed by atoms with Crippen molar-refractivity contribution < 1.29 is 19.0 Å². The van der Waals surface area contributed by atoms with Gasteiger partial charge in [-0.2, -0.15) is 5.10 Å². The molecule has 0 amide bonds. The predicted octanol–water partition coefficient (Wildman–Crippen LogP) is 4.90. The summed E-state index contributed by atoms with van der Waals surface area (Å²) in [6, 6.07) is 24.6. The number of ether oxygens (including phenoxy) is 3. The topological polar surface area (TPSA) is 74.9 Å². The second-order valence-corrected chi connectivity index (χ2v) is 7.49. The predicted molar refractivity (Wildman–Crippen MR) is 129 cm³/mol. The minimum atomic E-state index is -0.510. The Hall–Kier alpha value is -4.65. The third-order valence-electron chi connectivity index (χ3n) is 5.35. The van der Waals surface area contributed by atoms with Crippen molar-refractivity contribution >= 4 is 17.9 Å². The molecule has 1 aliphatic heterocycles. The van der Waals surface area contributed by atoms with Gasteiger partial charge in [0.2, 0.25) is 5.90 Å². The molecule has 1 aromatic heterocycles. The van der Waals surface area contributed by atoms with Gasteiger partial charge in [-0.15, -0.1) is 0 Å². The number of aliphatic imine (C=N–C) groups is 1. The van der Waals surface area contributed by atoms with Crippen LogP contribution < -0.4 is 9.47 Å². The Morgan fingerprint density at radius 3 is 2.26 bits per heavy atom. The number of rotatable bonds is 6. The lowest BCUT2D eigenvalue weighted by molar-refractivity contribution is -0.129. The summed E-state index contributed by atoms with van der Waals surface area (Å²) in [6.07, 6.45) is 3.55. The Labute approximate surface area is 196 Å². The smallest absolute Gasteiger partial charge is 0.363 e. The standard InChI is InChI=1S/C27H21N3O4/c1-32-23-14-13-19(16-24(23)33-2)25-20(17-30(29-25)21-11-7-4-8-12-21)15-22-27(31)34-26(28-22)18-9-5-3-6-10-18/h3-17H,1-2H3. The lowest BCUT2D eigenvalue weighted by Crippen LogP contribution is -2.04. The average molecular weight is 451 g/mol. The summed E-state index contributed by atoms with van der Waals surface area (Å²) in [5.74, 6) is 0.965. The number of para-hydroxylation sites is 1. The van der Waals surface area contributed by atoms with Crippen LogP contribution in [-0.2, 0) is 9.53 Å². The van der Waals surface area contributed by atoms with Crippen LogP contribution in [0.2, 0.25) is 0 Å². The molecule has 0 fully saturated rings.